The summed E-state index contributed by atoms with van der Waals surface area (Å²) in [5, 5.41) is 13.2. The molecular weight excluding hydrogens is 392 g/mol. The molecule has 3 N–H and O–H groups in total. The molecule has 1 aromatic heterocycles. The van der Waals surface area contributed by atoms with Crippen LogP contribution in [0.4, 0.5) is 11.4 Å². The van der Waals surface area contributed by atoms with Gasteiger partial charge in [-0.1, -0.05) is 18.7 Å². The predicted molar refractivity (Wildman–Crippen MR) is 122 cm³/mol. The summed E-state index contributed by atoms with van der Waals surface area (Å²) in [4.78, 5) is 29.1. The van der Waals surface area contributed by atoms with E-state index in [0.29, 0.717) is 22.3 Å². The Morgan fingerprint density at radius 1 is 1.06 bits per heavy atom. The fourth-order valence-corrected chi connectivity index (χ4v) is 3.61. The van der Waals surface area contributed by atoms with Crippen LogP contribution in [0.2, 0.25) is 0 Å². The number of nitrogens with zero attached hydrogens (tertiary/aromatic N) is 3. The van der Waals surface area contributed by atoms with Gasteiger partial charge in [0, 0.05) is 49.5 Å². The van der Waals surface area contributed by atoms with Gasteiger partial charge in [-0.2, -0.15) is 5.10 Å². The normalized spacial score (nSPS) is 15.0. The third kappa shape index (κ3) is 4.99. The number of H-pyrrole nitrogens is 1. The standard InChI is InChI=1S/C23H26N6O2/c1-3-21(30)24-18-8-9-20-19(14-18)22(27-26-20)23(31)25-17-6-4-16(5-7-17)15-29-12-10-28(2)11-13-29/h3-9,14H,1,10-13,15H2,2H3,(H,24,30)(H,25,31)(H,26,27). The van der Waals surface area contributed by atoms with Crippen LogP contribution < -0.4 is 10.6 Å². The quantitative estimate of drug-likeness (QED) is 0.535. The highest BCUT2D eigenvalue weighted by Crippen LogP contribution is 2.22. The Kier molecular flexibility index (Phi) is 6.11. The van der Waals surface area contributed by atoms with E-state index in [1.807, 2.05) is 24.3 Å². The first-order chi connectivity index (χ1) is 15.0. The molecule has 0 unspecified atom stereocenters. The van der Waals surface area contributed by atoms with Crippen LogP contribution in [0, 0.1) is 0 Å². The molecule has 160 valence electrons. The largest absolute Gasteiger partial charge is 0.323 e. The Morgan fingerprint density at radius 2 is 1.77 bits per heavy atom. The Labute approximate surface area is 180 Å². The van der Waals surface area contributed by atoms with Crippen molar-refractivity contribution in [2.24, 2.45) is 0 Å². The minimum atomic E-state index is -0.315. The lowest BCUT2D eigenvalue weighted by molar-refractivity contribution is -0.111. The first-order valence-corrected chi connectivity index (χ1v) is 10.2. The number of amides is 2. The lowest BCUT2D eigenvalue weighted by Crippen LogP contribution is -2.43. The fraction of sp³-hybridized carbons (Fsp3) is 0.261. The Balaban J connectivity index is 1.43. The van der Waals surface area contributed by atoms with Crippen molar-refractivity contribution in [3.05, 3.63) is 66.4 Å². The van der Waals surface area contributed by atoms with Crippen molar-refractivity contribution in [2.45, 2.75) is 6.54 Å². The number of hydrogen-bond acceptors (Lipinski definition) is 5. The number of benzene rings is 2. The zero-order valence-corrected chi connectivity index (χ0v) is 17.5. The maximum atomic E-state index is 12.8. The van der Waals surface area contributed by atoms with E-state index in [1.54, 1.807) is 18.2 Å². The molecule has 1 saturated heterocycles. The number of likely N-dealkylation sites (N-methyl/N-ethyl adjacent to an activating group) is 1. The van der Waals surface area contributed by atoms with Gasteiger partial charge in [0.05, 0.1) is 5.52 Å². The van der Waals surface area contributed by atoms with Crippen molar-refractivity contribution in [1.29, 1.82) is 0 Å². The molecule has 1 fully saturated rings. The topological polar surface area (TPSA) is 93.4 Å². The van der Waals surface area contributed by atoms with Gasteiger partial charge in [0.2, 0.25) is 5.91 Å². The van der Waals surface area contributed by atoms with E-state index < -0.39 is 0 Å². The van der Waals surface area contributed by atoms with E-state index in [4.69, 9.17) is 0 Å². The number of rotatable bonds is 6. The average Bonchev–Trinajstić information content (AvgIpc) is 3.20. The van der Waals surface area contributed by atoms with Crippen molar-refractivity contribution in [1.82, 2.24) is 20.0 Å². The molecule has 0 atom stereocenters. The molecule has 0 radical (unpaired) electrons. The number of piperazine rings is 1. The van der Waals surface area contributed by atoms with Crippen molar-refractivity contribution in [2.75, 3.05) is 43.9 Å². The molecule has 0 spiro atoms. The second kappa shape index (κ2) is 9.11. The SMILES string of the molecule is C=CC(=O)Nc1ccc2[nH]nc(C(=O)Nc3ccc(CN4CCN(C)CC4)cc3)c2c1. The number of fused-ring (bicyclic) bond motifs is 1. The van der Waals surface area contributed by atoms with E-state index in [1.165, 1.54) is 11.6 Å². The minimum Gasteiger partial charge on any atom is -0.323 e. The Morgan fingerprint density at radius 3 is 2.48 bits per heavy atom. The second-order valence-electron chi connectivity index (χ2n) is 7.76. The van der Waals surface area contributed by atoms with Crippen molar-refractivity contribution in [3.63, 3.8) is 0 Å². The molecule has 2 heterocycles. The molecule has 0 aliphatic carbocycles. The van der Waals surface area contributed by atoms with Gasteiger partial charge in [-0.05, 0) is 49.0 Å². The number of aromatic amines is 1. The summed E-state index contributed by atoms with van der Waals surface area (Å²) in [6.07, 6.45) is 1.20. The Hall–Kier alpha value is -3.49. The van der Waals surface area contributed by atoms with Crippen molar-refractivity contribution in [3.8, 4) is 0 Å². The van der Waals surface area contributed by atoms with Crippen LogP contribution in [0.3, 0.4) is 0 Å². The number of aromatic nitrogens is 2. The van der Waals surface area contributed by atoms with Gasteiger partial charge in [-0.25, -0.2) is 0 Å². The van der Waals surface area contributed by atoms with E-state index in [2.05, 4.69) is 44.3 Å². The minimum absolute atomic E-state index is 0.270. The highest BCUT2D eigenvalue weighted by atomic mass is 16.2. The maximum absolute atomic E-state index is 12.8. The Bertz CT molecular complexity index is 1100. The average molecular weight is 419 g/mol. The van der Waals surface area contributed by atoms with Gasteiger partial charge < -0.3 is 15.5 Å². The number of hydrogen-bond donors (Lipinski definition) is 3. The van der Waals surface area contributed by atoms with Gasteiger partial charge in [0.25, 0.3) is 5.91 Å². The zero-order valence-electron chi connectivity index (χ0n) is 17.5. The predicted octanol–water partition coefficient (Wildman–Crippen LogP) is 2.69. The summed E-state index contributed by atoms with van der Waals surface area (Å²) in [6.45, 7) is 8.66. The first kappa shape index (κ1) is 20.8. The molecule has 1 aliphatic heterocycles. The molecule has 3 aromatic rings. The van der Waals surface area contributed by atoms with Gasteiger partial charge in [0.1, 0.15) is 0 Å². The van der Waals surface area contributed by atoms with Crippen LogP contribution in [0.15, 0.2) is 55.1 Å². The van der Waals surface area contributed by atoms with Crippen LogP contribution in [0.1, 0.15) is 16.1 Å². The number of anilines is 2. The van der Waals surface area contributed by atoms with E-state index in [9.17, 15) is 9.59 Å². The highest BCUT2D eigenvalue weighted by molar-refractivity contribution is 6.12. The lowest BCUT2D eigenvalue weighted by Gasteiger charge is -2.32. The molecular formula is C23H26N6O2. The molecule has 0 saturated carbocycles. The number of carbonyl (C=O) groups is 2. The molecule has 4 rings (SSSR count). The van der Waals surface area contributed by atoms with Gasteiger partial charge in [-0.15, -0.1) is 0 Å². The monoisotopic (exact) mass is 418 g/mol. The van der Waals surface area contributed by atoms with E-state index in [-0.39, 0.29) is 17.5 Å². The van der Waals surface area contributed by atoms with Crippen LogP contribution >= 0.6 is 0 Å². The first-order valence-electron chi connectivity index (χ1n) is 10.2. The van der Waals surface area contributed by atoms with Crippen LogP contribution in [-0.4, -0.2) is 65.0 Å². The fourth-order valence-electron chi connectivity index (χ4n) is 3.61. The van der Waals surface area contributed by atoms with Crippen molar-refractivity contribution >= 4 is 34.1 Å². The summed E-state index contributed by atoms with van der Waals surface area (Å²) in [6, 6.07) is 13.1. The molecule has 31 heavy (non-hydrogen) atoms. The maximum Gasteiger partial charge on any atom is 0.276 e. The molecule has 1 aliphatic rings. The summed E-state index contributed by atoms with van der Waals surface area (Å²) in [5.41, 5.74) is 3.48. The van der Waals surface area contributed by atoms with Crippen LogP contribution in [0.5, 0.6) is 0 Å². The third-order valence-electron chi connectivity index (χ3n) is 5.44. The van der Waals surface area contributed by atoms with Gasteiger partial charge in [-0.3, -0.25) is 19.6 Å². The highest BCUT2D eigenvalue weighted by Gasteiger charge is 2.16. The smallest absolute Gasteiger partial charge is 0.276 e. The van der Waals surface area contributed by atoms with Gasteiger partial charge >= 0.3 is 0 Å². The molecule has 2 amide bonds. The summed E-state index contributed by atoms with van der Waals surface area (Å²) in [7, 11) is 2.15. The molecule has 2 aromatic carbocycles. The molecule has 8 heteroatoms. The van der Waals surface area contributed by atoms with Crippen LogP contribution in [-0.2, 0) is 11.3 Å². The van der Waals surface area contributed by atoms with Crippen molar-refractivity contribution < 1.29 is 9.59 Å². The summed E-state index contributed by atoms with van der Waals surface area (Å²) < 4.78 is 0. The van der Waals surface area contributed by atoms with E-state index in [0.717, 1.165) is 32.7 Å². The molecule has 8 nitrogen and oxygen atoms in total. The second-order valence-corrected chi connectivity index (χ2v) is 7.76. The van der Waals surface area contributed by atoms with Gasteiger partial charge in [0.15, 0.2) is 5.69 Å². The van der Waals surface area contributed by atoms with E-state index >= 15 is 0 Å². The molecule has 0 bridgehead atoms. The number of carbonyl (C=O) groups excluding carboxylic acids is 2. The summed E-state index contributed by atoms with van der Waals surface area (Å²) in [5.74, 6) is -0.629. The number of nitrogens with one attached hydrogen (secondary N) is 3. The summed E-state index contributed by atoms with van der Waals surface area (Å²) >= 11 is 0. The third-order valence-corrected chi connectivity index (χ3v) is 5.44. The lowest BCUT2D eigenvalue weighted by atomic mass is 10.1. The van der Waals surface area contributed by atoms with Crippen LogP contribution in [0.25, 0.3) is 10.9 Å². The zero-order chi connectivity index (χ0) is 21.8.